The molecule has 0 amide bonds. The highest BCUT2D eigenvalue weighted by atomic mass is 32.2. The SMILES string of the molecule is CCCC(N)C1CCCS(=O)(=O)C1. The van der Waals surface area contributed by atoms with Crippen molar-refractivity contribution in [3.63, 3.8) is 0 Å². The molecule has 1 fully saturated rings. The fourth-order valence-electron chi connectivity index (χ4n) is 1.96. The summed E-state index contributed by atoms with van der Waals surface area (Å²) in [6.07, 6.45) is 3.77. The Morgan fingerprint density at radius 1 is 1.54 bits per heavy atom. The molecule has 4 heteroatoms. The van der Waals surface area contributed by atoms with Crippen LogP contribution in [0, 0.1) is 5.92 Å². The van der Waals surface area contributed by atoms with E-state index < -0.39 is 9.84 Å². The van der Waals surface area contributed by atoms with E-state index in [1.165, 1.54) is 0 Å². The summed E-state index contributed by atoms with van der Waals surface area (Å²) in [6, 6.07) is 0.0834. The van der Waals surface area contributed by atoms with Crippen molar-refractivity contribution in [2.75, 3.05) is 11.5 Å². The van der Waals surface area contributed by atoms with Crippen LogP contribution in [0.4, 0.5) is 0 Å². The van der Waals surface area contributed by atoms with Crippen molar-refractivity contribution in [1.29, 1.82) is 0 Å². The molecule has 1 saturated heterocycles. The number of rotatable bonds is 3. The normalized spacial score (nSPS) is 29.8. The van der Waals surface area contributed by atoms with E-state index in [1.54, 1.807) is 0 Å². The van der Waals surface area contributed by atoms with Gasteiger partial charge in [-0.3, -0.25) is 0 Å². The van der Waals surface area contributed by atoms with E-state index in [9.17, 15) is 8.42 Å². The Morgan fingerprint density at radius 2 is 2.23 bits per heavy atom. The predicted molar refractivity (Wildman–Crippen MR) is 54.3 cm³/mol. The molecule has 78 valence electrons. The minimum absolute atomic E-state index is 0.0834. The van der Waals surface area contributed by atoms with E-state index in [-0.39, 0.29) is 12.0 Å². The van der Waals surface area contributed by atoms with Gasteiger partial charge in [-0.15, -0.1) is 0 Å². The monoisotopic (exact) mass is 205 g/mol. The second-order valence-electron chi connectivity index (χ2n) is 3.97. The lowest BCUT2D eigenvalue weighted by atomic mass is 9.94. The zero-order valence-corrected chi connectivity index (χ0v) is 9.02. The Labute approximate surface area is 80.6 Å². The standard InChI is InChI=1S/C9H19NO2S/c1-2-4-9(10)8-5-3-6-13(11,12)7-8/h8-9H,2-7,10H2,1H3. The van der Waals surface area contributed by atoms with Crippen molar-refractivity contribution in [3.05, 3.63) is 0 Å². The van der Waals surface area contributed by atoms with Gasteiger partial charge in [0, 0.05) is 6.04 Å². The summed E-state index contributed by atoms with van der Waals surface area (Å²) in [5.41, 5.74) is 5.92. The number of hydrogen-bond acceptors (Lipinski definition) is 3. The fourth-order valence-corrected chi connectivity index (χ4v) is 3.80. The van der Waals surface area contributed by atoms with Crippen LogP contribution < -0.4 is 5.73 Å². The van der Waals surface area contributed by atoms with Crippen LogP contribution in [0.1, 0.15) is 32.6 Å². The van der Waals surface area contributed by atoms with Gasteiger partial charge in [0.15, 0.2) is 9.84 Å². The second-order valence-corrected chi connectivity index (χ2v) is 6.20. The Bertz CT molecular complexity index is 248. The molecule has 1 aliphatic rings. The van der Waals surface area contributed by atoms with Crippen molar-refractivity contribution in [2.45, 2.75) is 38.6 Å². The van der Waals surface area contributed by atoms with E-state index in [4.69, 9.17) is 5.73 Å². The van der Waals surface area contributed by atoms with Crippen molar-refractivity contribution < 1.29 is 8.42 Å². The van der Waals surface area contributed by atoms with Gasteiger partial charge >= 0.3 is 0 Å². The predicted octanol–water partition coefficient (Wildman–Crippen LogP) is 0.939. The van der Waals surface area contributed by atoms with Crippen LogP contribution in [0.2, 0.25) is 0 Å². The molecule has 0 bridgehead atoms. The highest BCUT2D eigenvalue weighted by Crippen LogP contribution is 2.22. The van der Waals surface area contributed by atoms with Gasteiger partial charge in [-0.05, 0) is 25.2 Å². The zero-order valence-electron chi connectivity index (χ0n) is 8.20. The van der Waals surface area contributed by atoms with E-state index in [1.807, 2.05) is 0 Å². The second kappa shape index (κ2) is 4.42. The maximum atomic E-state index is 11.3. The molecule has 1 heterocycles. The molecule has 0 radical (unpaired) electrons. The van der Waals surface area contributed by atoms with Crippen molar-refractivity contribution in [3.8, 4) is 0 Å². The van der Waals surface area contributed by atoms with Crippen LogP contribution in [0.15, 0.2) is 0 Å². The van der Waals surface area contributed by atoms with E-state index in [2.05, 4.69) is 6.92 Å². The average Bonchev–Trinajstić information content (AvgIpc) is 2.03. The summed E-state index contributed by atoms with van der Waals surface area (Å²) in [4.78, 5) is 0. The molecule has 2 unspecified atom stereocenters. The molecular weight excluding hydrogens is 186 g/mol. The smallest absolute Gasteiger partial charge is 0.150 e. The van der Waals surface area contributed by atoms with Crippen LogP contribution in [0.5, 0.6) is 0 Å². The first-order valence-corrected chi connectivity index (χ1v) is 6.83. The highest BCUT2D eigenvalue weighted by Gasteiger charge is 2.28. The lowest BCUT2D eigenvalue weighted by molar-refractivity contribution is 0.387. The summed E-state index contributed by atoms with van der Waals surface area (Å²) >= 11 is 0. The number of sulfone groups is 1. The minimum Gasteiger partial charge on any atom is -0.327 e. The van der Waals surface area contributed by atoms with E-state index >= 15 is 0 Å². The molecule has 2 atom stereocenters. The van der Waals surface area contributed by atoms with Crippen LogP contribution in [0.25, 0.3) is 0 Å². The number of hydrogen-bond donors (Lipinski definition) is 1. The summed E-state index contributed by atoms with van der Waals surface area (Å²) in [5.74, 6) is 0.884. The molecule has 2 N–H and O–H groups in total. The quantitative estimate of drug-likeness (QED) is 0.746. The van der Waals surface area contributed by atoms with Crippen LogP contribution in [0.3, 0.4) is 0 Å². The first-order chi connectivity index (χ1) is 6.05. The minimum atomic E-state index is -2.78. The fraction of sp³-hybridized carbons (Fsp3) is 1.00. The molecule has 0 aromatic heterocycles. The van der Waals surface area contributed by atoms with Crippen molar-refractivity contribution >= 4 is 9.84 Å². The van der Waals surface area contributed by atoms with Gasteiger partial charge in [0.2, 0.25) is 0 Å². The van der Waals surface area contributed by atoms with Crippen LogP contribution in [-0.4, -0.2) is 26.0 Å². The summed E-state index contributed by atoms with van der Waals surface area (Å²) in [6.45, 7) is 2.08. The lowest BCUT2D eigenvalue weighted by Gasteiger charge is -2.27. The zero-order chi connectivity index (χ0) is 9.90. The third kappa shape index (κ3) is 3.27. The van der Waals surface area contributed by atoms with Gasteiger partial charge in [-0.25, -0.2) is 8.42 Å². The Hall–Kier alpha value is -0.0900. The largest absolute Gasteiger partial charge is 0.327 e. The maximum absolute atomic E-state index is 11.3. The molecule has 0 aromatic carbocycles. The molecule has 3 nitrogen and oxygen atoms in total. The van der Waals surface area contributed by atoms with Gasteiger partial charge in [-0.1, -0.05) is 13.3 Å². The molecule has 1 aliphatic heterocycles. The van der Waals surface area contributed by atoms with Gasteiger partial charge < -0.3 is 5.73 Å². The highest BCUT2D eigenvalue weighted by molar-refractivity contribution is 7.91. The molecular formula is C9H19NO2S. The average molecular weight is 205 g/mol. The summed E-state index contributed by atoms with van der Waals surface area (Å²) in [7, 11) is -2.78. The van der Waals surface area contributed by atoms with Gasteiger partial charge in [0.1, 0.15) is 0 Å². The van der Waals surface area contributed by atoms with Crippen molar-refractivity contribution in [1.82, 2.24) is 0 Å². The van der Waals surface area contributed by atoms with Gasteiger partial charge in [-0.2, -0.15) is 0 Å². The molecule has 1 rings (SSSR count). The third-order valence-corrected chi connectivity index (χ3v) is 4.57. The lowest BCUT2D eigenvalue weighted by Crippen LogP contribution is -2.38. The van der Waals surface area contributed by atoms with Crippen LogP contribution >= 0.6 is 0 Å². The Kier molecular flexibility index (Phi) is 3.74. The maximum Gasteiger partial charge on any atom is 0.150 e. The summed E-state index contributed by atoms with van der Waals surface area (Å²) < 4.78 is 22.6. The first kappa shape index (κ1) is 11.0. The first-order valence-electron chi connectivity index (χ1n) is 5.01. The summed E-state index contributed by atoms with van der Waals surface area (Å²) in [5, 5.41) is 0. The Morgan fingerprint density at radius 3 is 2.77 bits per heavy atom. The third-order valence-electron chi connectivity index (χ3n) is 2.73. The van der Waals surface area contributed by atoms with Gasteiger partial charge in [0.25, 0.3) is 0 Å². The Balaban J connectivity index is 2.51. The van der Waals surface area contributed by atoms with E-state index in [0.29, 0.717) is 11.5 Å². The van der Waals surface area contributed by atoms with Crippen molar-refractivity contribution in [2.24, 2.45) is 11.7 Å². The molecule has 0 saturated carbocycles. The van der Waals surface area contributed by atoms with E-state index in [0.717, 1.165) is 25.7 Å². The van der Waals surface area contributed by atoms with Crippen LogP contribution in [-0.2, 0) is 9.84 Å². The molecule has 13 heavy (non-hydrogen) atoms. The van der Waals surface area contributed by atoms with Gasteiger partial charge in [0.05, 0.1) is 11.5 Å². The molecule has 0 spiro atoms. The number of nitrogens with two attached hydrogens (primary N) is 1. The molecule has 0 aliphatic carbocycles. The molecule has 0 aromatic rings. The topological polar surface area (TPSA) is 60.2 Å².